The number of hydrogen-bond acceptors (Lipinski definition) is 11. The average Bonchev–Trinajstić information content (AvgIpc) is 3.40. The third kappa shape index (κ3) is 3.31. The SMILES string of the molecule is CCN1C[C@]2(COC)[C@H](O)C[C@H](OC)[C@@]34[C@@H]5C[C@@]6(O)[C@H](OC(=O)c7ccccc7)[C@@H]5[C@@](OC)([C@@H]([C@H](OC)[C@H]23)[C@@H]14)[C@@H](O)[C@@H]6OC. The molecule has 5 saturated carbocycles. The summed E-state index contributed by atoms with van der Waals surface area (Å²) >= 11 is 0. The maximum atomic E-state index is 13.7. The van der Waals surface area contributed by atoms with Crippen molar-refractivity contribution in [2.75, 3.05) is 55.2 Å². The van der Waals surface area contributed by atoms with Crippen LogP contribution >= 0.6 is 0 Å². The normalized spacial score (nSPS) is 51.8. The van der Waals surface area contributed by atoms with Gasteiger partial charge in [0.15, 0.2) is 0 Å². The van der Waals surface area contributed by atoms with Crippen LogP contribution in [0.15, 0.2) is 30.3 Å². The minimum atomic E-state index is -1.71. The number of esters is 1. The van der Waals surface area contributed by atoms with E-state index in [4.69, 9.17) is 28.4 Å². The maximum Gasteiger partial charge on any atom is 0.338 e. The number of ether oxygens (including phenoxy) is 6. The molecular weight excluding hydrogens is 570 g/mol. The molecule has 1 aromatic rings. The summed E-state index contributed by atoms with van der Waals surface area (Å²) in [5.74, 6) is -2.20. The van der Waals surface area contributed by atoms with Crippen molar-refractivity contribution in [1.29, 1.82) is 0 Å². The van der Waals surface area contributed by atoms with E-state index in [9.17, 15) is 20.1 Å². The van der Waals surface area contributed by atoms with E-state index in [1.54, 1.807) is 52.7 Å². The van der Waals surface area contributed by atoms with E-state index in [0.717, 1.165) is 0 Å². The second-order valence-corrected chi connectivity index (χ2v) is 14.0. The molecule has 44 heavy (non-hydrogen) atoms. The highest BCUT2D eigenvalue weighted by molar-refractivity contribution is 5.89. The molecule has 7 rings (SSSR count). The van der Waals surface area contributed by atoms with Crippen LogP contribution in [0, 0.1) is 34.5 Å². The van der Waals surface area contributed by atoms with Gasteiger partial charge in [-0.15, -0.1) is 0 Å². The monoisotopic (exact) mass is 617 g/mol. The number of carbonyl (C=O) groups is 1. The smallest absolute Gasteiger partial charge is 0.338 e. The van der Waals surface area contributed by atoms with Gasteiger partial charge in [0.1, 0.15) is 29.5 Å². The summed E-state index contributed by atoms with van der Waals surface area (Å²) in [5.41, 5.74) is -4.01. The van der Waals surface area contributed by atoms with Crippen molar-refractivity contribution in [3.63, 3.8) is 0 Å². The average molecular weight is 618 g/mol. The lowest BCUT2D eigenvalue weighted by atomic mass is 9.42. The van der Waals surface area contributed by atoms with Crippen molar-refractivity contribution in [1.82, 2.24) is 4.90 Å². The van der Waals surface area contributed by atoms with Gasteiger partial charge in [-0.05, 0) is 31.0 Å². The molecule has 15 atom stereocenters. The van der Waals surface area contributed by atoms with Crippen LogP contribution in [0.3, 0.4) is 0 Å². The third-order valence-corrected chi connectivity index (χ3v) is 13.2. The van der Waals surface area contributed by atoms with E-state index in [-0.39, 0.29) is 24.3 Å². The first-order chi connectivity index (χ1) is 21.1. The Balaban J connectivity index is 1.50. The van der Waals surface area contributed by atoms with Crippen LogP contribution in [-0.2, 0) is 28.4 Å². The summed E-state index contributed by atoms with van der Waals surface area (Å²) < 4.78 is 37.7. The Morgan fingerprint density at radius 2 is 1.73 bits per heavy atom. The molecule has 1 aliphatic heterocycles. The van der Waals surface area contributed by atoms with Gasteiger partial charge in [0.25, 0.3) is 0 Å². The lowest BCUT2D eigenvalue weighted by Crippen LogP contribution is -2.81. The quantitative estimate of drug-likeness (QED) is 0.339. The number of benzene rings is 1. The van der Waals surface area contributed by atoms with Gasteiger partial charge in [-0.3, -0.25) is 4.90 Å². The molecule has 1 aromatic carbocycles. The van der Waals surface area contributed by atoms with Crippen LogP contribution < -0.4 is 0 Å². The molecule has 6 fully saturated rings. The van der Waals surface area contributed by atoms with Gasteiger partial charge >= 0.3 is 5.97 Å². The van der Waals surface area contributed by atoms with Crippen LogP contribution in [0.2, 0.25) is 0 Å². The van der Waals surface area contributed by atoms with Gasteiger partial charge in [0.2, 0.25) is 0 Å². The minimum Gasteiger partial charge on any atom is -0.455 e. The number of methoxy groups -OCH3 is 5. The van der Waals surface area contributed by atoms with Crippen LogP contribution in [-0.4, -0.2) is 135 Å². The van der Waals surface area contributed by atoms with Gasteiger partial charge < -0.3 is 43.7 Å². The van der Waals surface area contributed by atoms with Gasteiger partial charge in [-0.1, -0.05) is 25.1 Å². The summed E-state index contributed by atoms with van der Waals surface area (Å²) in [6.07, 6.45) is -4.42. The number of aliphatic hydroxyl groups is 3. The third-order valence-electron chi connectivity index (χ3n) is 13.2. The van der Waals surface area contributed by atoms with E-state index in [0.29, 0.717) is 31.7 Å². The topological polar surface area (TPSA) is 136 Å². The predicted molar refractivity (Wildman–Crippen MR) is 156 cm³/mol. The van der Waals surface area contributed by atoms with Crippen LogP contribution in [0.5, 0.6) is 0 Å². The molecule has 11 heteroatoms. The minimum absolute atomic E-state index is 0.177. The van der Waals surface area contributed by atoms with Crippen molar-refractivity contribution >= 4 is 5.97 Å². The van der Waals surface area contributed by atoms with E-state index < -0.39 is 76.5 Å². The molecule has 1 spiro atoms. The molecule has 1 heterocycles. The first-order valence-electron chi connectivity index (χ1n) is 15.8. The summed E-state index contributed by atoms with van der Waals surface area (Å²) in [7, 11) is 8.09. The van der Waals surface area contributed by atoms with Gasteiger partial charge in [-0.25, -0.2) is 4.79 Å². The highest BCUT2D eigenvalue weighted by atomic mass is 16.6. The Labute approximate surface area is 258 Å². The van der Waals surface area contributed by atoms with Crippen LogP contribution in [0.1, 0.15) is 30.1 Å². The molecule has 1 saturated heterocycles. The molecule has 11 nitrogen and oxygen atoms in total. The number of piperidine rings is 1. The van der Waals surface area contributed by atoms with Crippen LogP contribution in [0.25, 0.3) is 0 Å². The summed E-state index contributed by atoms with van der Waals surface area (Å²) in [6.45, 7) is 3.68. The molecule has 0 aromatic heterocycles. The van der Waals surface area contributed by atoms with Crippen molar-refractivity contribution in [3.8, 4) is 0 Å². The number of aliphatic hydroxyl groups excluding tert-OH is 2. The molecule has 7 bridgehead atoms. The molecule has 244 valence electrons. The van der Waals surface area contributed by atoms with Gasteiger partial charge in [0, 0.05) is 83.1 Å². The first-order valence-corrected chi connectivity index (χ1v) is 15.8. The molecule has 5 aliphatic carbocycles. The largest absolute Gasteiger partial charge is 0.455 e. The zero-order valence-corrected chi connectivity index (χ0v) is 26.4. The maximum absolute atomic E-state index is 13.7. The number of fused-ring (bicyclic) bond motifs is 2. The lowest BCUT2D eigenvalue weighted by molar-refractivity contribution is -0.325. The summed E-state index contributed by atoms with van der Waals surface area (Å²) in [4.78, 5) is 16.1. The molecular formula is C33H47NO10. The summed E-state index contributed by atoms with van der Waals surface area (Å²) in [5, 5.41) is 37.1. The zero-order valence-electron chi connectivity index (χ0n) is 26.4. The van der Waals surface area contributed by atoms with Crippen molar-refractivity contribution in [2.45, 2.75) is 73.6 Å². The molecule has 0 amide bonds. The van der Waals surface area contributed by atoms with Crippen molar-refractivity contribution in [3.05, 3.63) is 35.9 Å². The number of hydrogen-bond donors (Lipinski definition) is 3. The Morgan fingerprint density at radius 3 is 2.32 bits per heavy atom. The lowest BCUT2D eigenvalue weighted by Gasteiger charge is -2.70. The highest BCUT2D eigenvalue weighted by Crippen LogP contribution is 2.80. The number of likely N-dealkylation sites (tertiary alicyclic amines) is 1. The Hall–Kier alpha value is -1.67. The van der Waals surface area contributed by atoms with Gasteiger partial charge in [0.05, 0.1) is 30.5 Å². The second-order valence-electron chi connectivity index (χ2n) is 14.0. The molecule has 6 aliphatic rings. The fourth-order valence-electron chi connectivity index (χ4n) is 12.3. The highest BCUT2D eigenvalue weighted by Gasteiger charge is 2.91. The first kappa shape index (κ1) is 31.0. The van der Waals surface area contributed by atoms with E-state index in [1.807, 2.05) is 6.07 Å². The number of nitrogens with zero attached hydrogens (tertiary/aromatic N) is 1. The zero-order chi connectivity index (χ0) is 31.4. The fraction of sp³-hybridized carbons (Fsp3) is 0.788. The van der Waals surface area contributed by atoms with Crippen molar-refractivity contribution < 1.29 is 48.5 Å². The molecule has 3 N–H and O–H groups in total. The van der Waals surface area contributed by atoms with Crippen LogP contribution in [0.4, 0.5) is 0 Å². The Bertz CT molecular complexity index is 1270. The van der Waals surface area contributed by atoms with E-state index >= 15 is 0 Å². The second kappa shape index (κ2) is 10.4. The molecule has 0 unspecified atom stereocenters. The standard InChI is InChI=1S/C33H47NO10/c1-7-34-15-30(16-39-2)19(35)13-20(40-3)32-18-14-31(38)27(44-29(37)17-11-9-8-10-12-17)21(18)33(43-6,26(36)28(31)42-5)22(25(32)34)23(41-4)24(30)32/h8-12,18-28,35-36,38H,7,13-16H2,1-6H3/t18-,19-,20+,21-,22+,23+,24-,25-,26+,27-,28+,30+,31-,32+,33-/m1/s1. The summed E-state index contributed by atoms with van der Waals surface area (Å²) in [6, 6.07) is 8.55. The van der Waals surface area contributed by atoms with Gasteiger partial charge in [-0.2, -0.15) is 0 Å². The number of carbonyl (C=O) groups excluding carboxylic acids is 1. The fourth-order valence-corrected chi connectivity index (χ4v) is 12.3. The van der Waals surface area contributed by atoms with E-state index in [1.165, 1.54) is 7.11 Å². The Morgan fingerprint density at radius 1 is 1.00 bits per heavy atom. The predicted octanol–water partition coefficient (Wildman–Crippen LogP) is 0.731. The van der Waals surface area contributed by atoms with E-state index in [2.05, 4.69) is 11.8 Å². The molecule has 0 radical (unpaired) electrons. The Kier molecular flexibility index (Phi) is 7.33. The van der Waals surface area contributed by atoms with Crippen molar-refractivity contribution in [2.24, 2.45) is 34.5 Å². The number of rotatable bonds is 9.